The lowest BCUT2D eigenvalue weighted by atomic mass is 10.2. The fourth-order valence-corrected chi connectivity index (χ4v) is 3.06. The van der Waals surface area contributed by atoms with Crippen molar-refractivity contribution in [3.8, 4) is 11.5 Å². The molecular weight excluding hydrogens is 383 g/mol. The predicted molar refractivity (Wildman–Crippen MR) is 113 cm³/mol. The van der Waals surface area contributed by atoms with Gasteiger partial charge in [0.2, 0.25) is 0 Å². The largest absolute Gasteiger partial charge is 0.490 e. The fourth-order valence-electron chi connectivity index (χ4n) is 2.60. The highest BCUT2D eigenvalue weighted by Crippen LogP contribution is 2.30. The topological polar surface area (TPSA) is 33.7 Å². The molecule has 0 heterocycles. The molecule has 27 heavy (non-hydrogen) atoms. The second-order valence-corrected chi connectivity index (χ2v) is 7.42. The van der Waals surface area contributed by atoms with Crippen molar-refractivity contribution in [3.05, 3.63) is 57.6 Å². The smallest absolute Gasteiger partial charge is 0.161 e. The van der Waals surface area contributed by atoms with Gasteiger partial charge in [-0.05, 0) is 70.4 Å². The third-order valence-corrected chi connectivity index (χ3v) is 4.58. The summed E-state index contributed by atoms with van der Waals surface area (Å²) in [5, 5.41) is 4.67. The molecule has 2 rings (SSSR count). The Morgan fingerprint density at radius 2 is 1.81 bits per heavy atom. The van der Waals surface area contributed by atoms with Gasteiger partial charge in [-0.25, -0.2) is 0 Å². The van der Waals surface area contributed by atoms with E-state index in [9.17, 15) is 0 Å². The minimum absolute atomic E-state index is 0.359. The van der Waals surface area contributed by atoms with Gasteiger partial charge >= 0.3 is 0 Å². The molecule has 0 unspecified atom stereocenters. The van der Waals surface area contributed by atoms with E-state index in [1.54, 1.807) is 12.1 Å². The number of hydrogen-bond acceptors (Lipinski definition) is 4. The minimum atomic E-state index is 0.359. The van der Waals surface area contributed by atoms with Crippen LogP contribution in [0, 0.1) is 0 Å². The van der Waals surface area contributed by atoms with Crippen molar-refractivity contribution in [1.82, 2.24) is 10.2 Å². The van der Waals surface area contributed by atoms with Crippen LogP contribution >= 0.6 is 23.2 Å². The number of hydrogen-bond donors (Lipinski definition) is 1. The van der Waals surface area contributed by atoms with E-state index >= 15 is 0 Å². The van der Waals surface area contributed by atoms with Gasteiger partial charge in [-0.1, -0.05) is 35.3 Å². The van der Waals surface area contributed by atoms with E-state index in [0.717, 1.165) is 37.4 Å². The average Bonchev–Trinajstić information content (AvgIpc) is 2.62. The zero-order valence-corrected chi connectivity index (χ0v) is 17.7. The third-order valence-electron chi connectivity index (χ3n) is 3.99. The first-order valence-electron chi connectivity index (χ1n) is 9.17. The molecule has 4 nitrogen and oxygen atoms in total. The predicted octanol–water partition coefficient (Wildman–Crippen LogP) is 5.01. The van der Waals surface area contributed by atoms with Crippen LogP contribution in [0.2, 0.25) is 10.0 Å². The summed E-state index contributed by atoms with van der Waals surface area (Å²) >= 11 is 12.2. The summed E-state index contributed by atoms with van der Waals surface area (Å²) in [6, 6.07) is 11.4. The number of nitrogens with zero attached hydrogens (tertiary/aromatic N) is 1. The molecule has 0 aliphatic carbocycles. The zero-order chi connectivity index (χ0) is 19.6. The van der Waals surface area contributed by atoms with Crippen LogP contribution in [0.5, 0.6) is 11.5 Å². The van der Waals surface area contributed by atoms with Crippen LogP contribution in [0.25, 0.3) is 0 Å². The summed E-state index contributed by atoms with van der Waals surface area (Å²) in [7, 11) is 4.18. The van der Waals surface area contributed by atoms with E-state index < -0.39 is 0 Å². The Morgan fingerprint density at radius 1 is 1.00 bits per heavy atom. The van der Waals surface area contributed by atoms with Crippen LogP contribution in [-0.2, 0) is 13.2 Å². The van der Waals surface area contributed by atoms with E-state index in [-0.39, 0.29) is 0 Å². The zero-order valence-electron chi connectivity index (χ0n) is 16.2. The summed E-state index contributed by atoms with van der Waals surface area (Å²) in [5.41, 5.74) is 2.05. The third kappa shape index (κ3) is 7.59. The normalized spacial score (nSPS) is 11.0. The quantitative estimate of drug-likeness (QED) is 0.527. The summed E-state index contributed by atoms with van der Waals surface area (Å²) in [4.78, 5) is 2.19. The lowest BCUT2D eigenvalue weighted by Crippen LogP contribution is -2.21. The van der Waals surface area contributed by atoms with Gasteiger partial charge < -0.3 is 19.7 Å². The van der Waals surface area contributed by atoms with Gasteiger partial charge in [0.1, 0.15) is 6.61 Å². The number of benzene rings is 2. The van der Waals surface area contributed by atoms with Crippen molar-refractivity contribution in [2.75, 3.05) is 33.8 Å². The Kier molecular flexibility index (Phi) is 9.22. The SMILES string of the molecule is CCOc1cc(CNCCCN(C)C)ccc1OCc1ccc(Cl)cc1Cl. The van der Waals surface area contributed by atoms with Gasteiger partial charge in [-0.15, -0.1) is 0 Å². The second-order valence-electron chi connectivity index (χ2n) is 6.57. The molecule has 0 saturated heterocycles. The first-order chi connectivity index (χ1) is 13.0. The molecule has 148 valence electrons. The highest BCUT2D eigenvalue weighted by atomic mass is 35.5. The number of rotatable bonds is 11. The molecular formula is C21H28Cl2N2O2. The molecule has 0 spiro atoms. The lowest BCUT2D eigenvalue weighted by Gasteiger charge is -2.15. The standard InChI is InChI=1S/C21H28Cl2N2O2/c1-4-26-21-12-16(14-24-10-5-11-25(2)3)6-9-20(21)27-15-17-7-8-18(22)13-19(17)23/h6-9,12-13,24H,4-5,10-11,14-15H2,1-3H3. The summed E-state index contributed by atoms with van der Waals surface area (Å²) < 4.78 is 11.7. The Balaban J connectivity index is 1.95. The molecule has 6 heteroatoms. The lowest BCUT2D eigenvalue weighted by molar-refractivity contribution is 0.269. The van der Waals surface area contributed by atoms with Gasteiger partial charge in [0, 0.05) is 22.2 Å². The van der Waals surface area contributed by atoms with Crippen LogP contribution in [0.15, 0.2) is 36.4 Å². The second kappa shape index (κ2) is 11.4. The molecule has 0 aliphatic rings. The molecule has 0 bridgehead atoms. The summed E-state index contributed by atoms with van der Waals surface area (Å²) in [5.74, 6) is 1.45. The maximum absolute atomic E-state index is 6.22. The Morgan fingerprint density at radius 3 is 2.52 bits per heavy atom. The monoisotopic (exact) mass is 410 g/mol. The summed E-state index contributed by atoms with van der Waals surface area (Å²) in [6.45, 7) is 5.77. The first kappa shape index (κ1) is 21.8. The van der Waals surface area contributed by atoms with Crippen molar-refractivity contribution in [2.45, 2.75) is 26.5 Å². The Bertz CT molecular complexity index is 723. The molecule has 0 radical (unpaired) electrons. The molecule has 0 aliphatic heterocycles. The van der Waals surface area contributed by atoms with Crippen molar-refractivity contribution in [3.63, 3.8) is 0 Å². The van der Waals surface area contributed by atoms with E-state index in [1.165, 1.54) is 5.56 Å². The van der Waals surface area contributed by atoms with Crippen molar-refractivity contribution < 1.29 is 9.47 Å². The van der Waals surface area contributed by atoms with Crippen LogP contribution < -0.4 is 14.8 Å². The van der Waals surface area contributed by atoms with Gasteiger partial charge in [-0.2, -0.15) is 0 Å². The van der Waals surface area contributed by atoms with E-state index in [4.69, 9.17) is 32.7 Å². The highest BCUT2D eigenvalue weighted by molar-refractivity contribution is 6.35. The Labute approximate surface area is 172 Å². The van der Waals surface area contributed by atoms with Gasteiger partial charge in [0.15, 0.2) is 11.5 Å². The molecule has 0 atom stereocenters. The average molecular weight is 411 g/mol. The van der Waals surface area contributed by atoms with E-state index in [1.807, 2.05) is 25.1 Å². The van der Waals surface area contributed by atoms with Gasteiger partial charge in [-0.3, -0.25) is 0 Å². The van der Waals surface area contributed by atoms with Crippen LogP contribution in [-0.4, -0.2) is 38.7 Å². The van der Waals surface area contributed by atoms with Gasteiger partial charge in [0.05, 0.1) is 6.61 Å². The van der Waals surface area contributed by atoms with Crippen LogP contribution in [0.4, 0.5) is 0 Å². The minimum Gasteiger partial charge on any atom is -0.490 e. The molecule has 0 aromatic heterocycles. The van der Waals surface area contributed by atoms with Crippen molar-refractivity contribution in [1.29, 1.82) is 0 Å². The molecule has 0 fully saturated rings. The van der Waals surface area contributed by atoms with Gasteiger partial charge in [0.25, 0.3) is 0 Å². The van der Waals surface area contributed by atoms with Crippen molar-refractivity contribution >= 4 is 23.2 Å². The van der Waals surface area contributed by atoms with E-state index in [0.29, 0.717) is 29.0 Å². The molecule has 0 saturated carbocycles. The number of nitrogens with one attached hydrogen (secondary N) is 1. The molecule has 1 N–H and O–H groups in total. The van der Waals surface area contributed by atoms with Crippen LogP contribution in [0.1, 0.15) is 24.5 Å². The summed E-state index contributed by atoms with van der Waals surface area (Å²) in [6.07, 6.45) is 1.12. The number of ether oxygens (including phenoxy) is 2. The highest BCUT2D eigenvalue weighted by Gasteiger charge is 2.09. The fraction of sp³-hybridized carbons (Fsp3) is 0.429. The van der Waals surface area contributed by atoms with Crippen molar-refractivity contribution in [2.24, 2.45) is 0 Å². The maximum Gasteiger partial charge on any atom is 0.161 e. The molecule has 2 aromatic rings. The first-order valence-corrected chi connectivity index (χ1v) is 9.93. The van der Waals surface area contributed by atoms with E-state index in [2.05, 4.69) is 30.4 Å². The molecule has 0 amide bonds. The number of halogens is 2. The Hall–Kier alpha value is -1.46. The van der Waals surface area contributed by atoms with Crippen LogP contribution in [0.3, 0.4) is 0 Å². The molecule has 2 aromatic carbocycles. The maximum atomic E-state index is 6.22.